The standard InChI is InChI=1S/C16H20FN3O2/c1-4-11-20-14(9-10-18-20)19-15(21)16(2,3)22-13-7-5-12(17)6-8-13/h5-10H,4,11H2,1-3H3,(H,19,21). The van der Waals surface area contributed by atoms with Crippen molar-refractivity contribution in [2.24, 2.45) is 0 Å². The molecule has 0 saturated carbocycles. The summed E-state index contributed by atoms with van der Waals surface area (Å²) in [4.78, 5) is 12.4. The number of aromatic nitrogens is 2. The normalized spacial score (nSPS) is 11.3. The number of nitrogens with zero attached hydrogens (tertiary/aromatic N) is 2. The maximum absolute atomic E-state index is 12.9. The van der Waals surface area contributed by atoms with E-state index in [1.54, 1.807) is 30.8 Å². The topological polar surface area (TPSA) is 56.2 Å². The van der Waals surface area contributed by atoms with Crippen molar-refractivity contribution in [3.8, 4) is 5.75 Å². The average molecular weight is 305 g/mol. The van der Waals surface area contributed by atoms with Crippen LogP contribution >= 0.6 is 0 Å². The Hall–Kier alpha value is -2.37. The van der Waals surface area contributed by atoms with Gasteiger partial charge in [0, 0.05) is 12.6 Å². The van der Waals surface area contributed by atoms with Crippen LogP contribution in [0.4, 0.5) is 10.2 Å². The second-order valence-corrected chi connectivity index (χ2v) is 5.46. The minimum atomic E-state index is -1.10. The van der Waals surface area contributed by atoms with Gasteiger partial charge in [0.15, 0.2) is 5.60 Å². The first kappa shape index (κ1) is 16.0. The molecule has 1 heterocycles. The molecule has 2 aromatic rings. The van der Waals surface area contributed by atoms with Crippen LogP contribution < -0.4 is 10.1 Å². The maximum atomic E-state index is 12.9. The Balaban J connectivity index is 2.06. The lowest BCUT2D eigenvalue weighted by Crippen LogP contribution is -2.43. The number of amides is 1. The molecule has 0 unspecified atom stereocenters. The van der Waals surface area contributed by atoms with Gasteiger partial charge in [-0.05, 0) is 44.5 Å². The van der Waals surface area contributed by atoms with Crippen molar-refractivity contribution in [3.05, 3.63) is 42.3 Å². The van der Waals surface area contributed by atoms with E-state index in [9.17, 15) is 9.18 Å². The Morgan fingerprint density at radius 3 is 2.64 bits per heavy atom. The fourth-order valence-electron chi connectivity index (χ4n) is 1.94. The lowest BCUT2D eigenvalue weighted by molar-refractivity contribution is -0.128. The van der Waals surface area contributed by atoms with Crippen molar-refractivity contribution in [3.63, 3.8) is 0 Å². The molecule has 118 valence electrons. The molecule has 0 aliphatic heterocycles. The first-order valence-electron chi connectivity index (χ1n) is 7.20. The summed E-state index contributed by atoms with van der Waals surface area (Å²) in [6.07, 6.45) is 2.55. The van der Waals surface area contributed by atoms with Crippen LogP contribution in [0.15, 0.2) is 36.5 Å². The number of carbonyl (C=O) groups is 1. The minimum Gasteiger partial charge on any atom is -0.478 e. The van der Waals surface area contributed by atoms with E-state index in [-0.39, 0.29) is 11.7 Å². The molecule has 0 spiro atoms. The highest BCUT2D eigenvalue weighted by molar-refractivity contribution is 5.96. The second-order valence-electron chi connectivity index (χ2n) is 5.46. The number of carbonyl (C=O) groups excluding carboxylic acids is 1. The van der Waals surface area contributed by atoms with Gasteiger partial charge < -0.3 is 10.1 Å². The van der Waals surface area contributed by atoms with Gasteiger partial charge in [-0.2, -0.15) is 5.10 Å². The van der Waals surface area contributed by atoms with Crippen molar-refractivity contribution in [2.45, 2.75) is 39.3 Å². The molecule has 5 nitrogen and oxygen atoms in total. The summed E-state index contributed by atoms with van der Waals surface area (Å²) in [7, 11) is 0. The first-order valence-corrected chi connectivity index (χ1v) is 7.20. The van der Waals surface area contributed by atoms with Crippen molar-refractivity contribution >= 4 is 11.7 Å². The van der Waals surface area contributed by atoms with Gasteiger partial charge in [-0.15, -0.1) is 0 Å². The maximum Gasteiger partial charge on any atom is 0.269 e. The van der Waals surface area contributed by atoms with Crippen LogP contribution in [0.25, 0.3) is 0 Å². The van der Waals surface area contributed by atoms with E-state index in [4.69, 9.17) is 4.74 Å². The van der Waals surface area contributed by atoms with Crippen LogP contribution in [0.3, 0.4) is 0 Å². The van der Waals surface area contributed by atoms with Gasteiger partial charge >= 0.3 is 0 Å². The number of ether oxygens (including phenoxy) is 1. The van der Waals surface area contributed by atoms with Gasteiger partial charge in [-0.1, -0.05) is 6.92 Å². The molecule has 22 heavy (non-hydrogen) atoms. The lowest BCUT2D eigenvalue weighted by Gasteiger charge is -2.25. The minimum absolute atomic E-state index is 0.297. The summed E-state index contributed by atoms with van der Waals surface area (Å²) in [6.45, 7) is 6.08. The van der Waals surface area contributed by atoms with E-state index in [1.165, 1.54) is 24.3 Å². The smallest absolute Gasteiger partial charge is 0.269 e. The lowest BCUT2D eigenvalue weighted by atomic mass is 10.1. The molecule has 0 aliphatic rings. The SMILES string of the molecule is CCCn1nccc1NC(=O)C(C)(C)Oc1ccc(F)cc1. The number of rotatable bonds is 6. The predicted octanol–water partition coefficient (Wildman–Crippen LogP) is 3.23. The molecule has 0 aliphatic carbocycles. The summed E-state index contributed by atoms with van der Waals surface area (Å²) >= 11 is 0. The molecule has 2 rings (SSSR count). The molecule has 6 heteroatoms. The van der Waals surface area contributed by atoms with Gasteiger partial charge in [0.1, 0.15) is 17.4 Å². The van der Waals surface area contributed by atoms with Gasteiger partial charge in [-0.3, -0.25) is 4.79 Å². The number of nitrogens with one attached hydrogen (secondary N) is 1. The molecule has 1 aromatic heterocycles. The average Bonchev–Trinajstić information content (AvgIpc) is 2.89. The van der Waals surface area contributed by atoms with Gasteiger partial charge in [0.2, 0.25) is 0 Å². The summed E-state index contributed by atoms with van der Waals surface area (Å²) in [6, 6.07) is 7.30. The molecule has 0 fully saturated rings. The summed E-state index contributed by atoms with van der Waals surface area (Å²) < 4.78 is 20.3. The van der Waals surface area contributed by atoms with E-state index in [2.05, 4.69) is 10.4 Å². The van der Waals surface area contributed by atoms with Crippen LogP contribution in [0, 0.1) is 5.82 Å². The van der Waals surface area contributed by atoms with Gasteiger partial charge in [-0.25, -0.2) is 9.07 Å². The van der Waals surface area contributed by atoms with Crippen molar-refractivity contribution < 1.29 is 13.9 Å². The first-order chi connectivity index (χ1) is 10.4. The Bertz CT molecular complexity index is 635. The zero-order chi connectivity index (χ0) is 16.2. The zero-order valence-corrected chi connectivity index (χ0v) is 13.0. The number of hydrogen-bond acceptors (Lipinski definition) is 3. The van der Waals surface area contributed by atoms with E-state index >= 15 is 0 Å². The highest BCUT2D eigenvalue weighted by Gasteiger charge is 2.30. The highest BCUT2D eigenvalue weighted by atomic mass is 19.1. The Morgan fingerprint density at radius 1 is 1.32 bits per heavy atom. The van der Waals surface area contributed by atoms with Gasteiger partial charge in [0.25, 0.3) is 5.91 Å². The van der Waals surface area contributed by atoms with Crippen molar-refractivity contribution in [1.29, 1.82) is 0 Å². The van der Waals surface area contributed by atoms with Crippen LogP contribution in [-0.4, -0.2) is 21.3 Å². The molecule has 0 atom stereocenters. The molecule has 1 amide bonds. The number of anilines is 1. The molecular weight excluding hydrogens is 285 g/mol. The zero-order valence-electron chi connectivity index (χ0n) is 13.0. The number of benzene rings is 1. The van der Waals surface area contributed by atoms with Crippen molar-refractivity contribution in [1.82, 2.24) is 9.78 Å². The fraction of sp³-hybridized carbons (Fsp3) is 0.375. The predicted molar refractivity (Wildman–Crippen MR) is 82.3 cm³/mol. The van der Waals surface area contributed by atoms with Crippen LogP contribution in [0.1, 0.15) is 27.2 Å². The second kappa shape index (κ2) is 6.60. The number of hydrogen-bond donors (Lipinski definition) is 1. The van der Waals surface area contributed by atoms with Crippen LogP contribution in [0.2, 0.25) is 0 Å². The van der Waals surface area contributed by atoms with Crippen LogP contribution in [0.5, 0.6) is 5.75 Å². The molecule has 1 N–H and O–H groups in total. The largest absolute Gasteiger partial charge is 0.478 e. The summed E-state index contributed by atoms with van der Waals surface area (Å²) in [5, 5.41) is 6.96. The fourth-order valence-corrected chi connectivity index (χ4v) is 1.94. The third kappa shape index (κ3) is 3.84. The Morgan fingerprint density at radius 2 is 2.00 bits per heavy atom. The molecule has 0 radical (unpaired) electrons. The Kier molecular flexibility index (Phi) is 4.80. The number of aryl methyl sites for hydroxylation is 1. The Labute approximate surface area is 129 Å². The van der Waals surface area contributed by atoms with E-state index in [1.807, 2.05) is 6.92 Å². The van der Waals surface area contributed by atoms with E-state index in [0.29, 0.717) is 11.6 Å². The monoisotopic (exact) mass is 305 g/mol. The summed E-state index contributed by atoms with van der Waals surface area (Å²) in [5.74, 6) is 0.416. The van der Waals surface area contributed by atoms with E-state index in [0.717, 1.165) is 13.0 Å². The molecular formula is C16H20FN3O2. The third-order valence-corrected chi connectivity index (χ3v) is 3.13. The van der Waals surface area contributed by atoms with E-state index < -0.39 is 5.60 Å². The van der Waals surface area contributed by atoms with Crippen molar-refractivity contribution in [2.75, 3.05) is 5.32 Å². The highest BCUT2D eigenvalue weighted by Crippen LogP contribution is 2.20. The number of halogens is 1. The molecule has 0 bridgehead atoms. The van der Waals surface area contributed by atoms with Crippen LogP contribution in [-0.2, 0) is 11.3 Å². The quantitative estimate of drug-likeness (QED) is 0.891. The molecule has 0 saturated heterocycles. The summed E-state index contributed by atoms with van der Waals surface area (Å²) in [5.41, 5.74) is -1.10. The third-order valence-electron chi connectivity index (χ3n) is 3.13. The van der Waals surface area contributed by atoms with Gasteiger partial charge in [0.05, 0.1) is 6.20 Å². The molecule has 1 aromatic carbocycles.